The van der Waals surface area contributed by atoms with Gasteiger partial charge in [0.05, 0.1) is 6.33 Å². The molecule has 2 rings (SSSR count). The van der Waals surface area contributed by atoms with Gasteiger partial charge in [-0.3, -0.25) is 13.9 Å². The van der Waals surface area contributed by atoms with Gasteiger partial charge in [0.25, 0.3) is 5.56 Å². The maximum atomic E-state index is 12.6. The summed E-state index contributed by atoms with van der Waals surface area (Å²) in [6, 6.07) is 0. The number of hydrogen-bond acceptors (Lipinski definition) is 6. The van der Waals surface area contributed by atoms with Crippen LogP contribution in [0.1, 0.15) is 19.8 Å². The van der Waals surface area contributed by atoms with Gasteiger partial charge in [0, 0.05) is 24.8 Å². The van der Waals surface area contributed by atoms with Crippen LogP contribution in [-0.4, -0.2) is 36.8 Å². The Morgan fingerprint density at radius 1 is 1.33 bits per heavy atom. The Labute approximate surface area is 138 Å². The molecule has 1 unspecified atom stereocenters. The monoisotopic (exact) mass is 359 g/mol. The SMILES string of the molecule is CCOCn1cnc2c1c(=O)n(CCCCO[P+](=O)O)c(=O)n2C. The van der Waals surface area contributed by atoms with Gasteiger partial charge < -0.3 is 9.30 Å². The van der Waals surface area contributed by atoms with Crippen molar-refractivity contribution in [2.24, 2.45) is 7.05 Å². The summed E-state index contributed by atoms with van der Waals surface area (Å²) in [4.78, 5) is 37.6. The molecule has 0 radical (unpaired) electrons. The molecule has 0 aliphatic carbocycles. The molecular weight excluding hydrogens is 339 g/mol. The molecule has 1 atom stereocenters. The molecule has 0 fully saturated rings. The molecule has 0 spiro atoms. The number of unbranched alkanes of at least 4 members (excludes halogenated alkanes) is 1. The summed E-state index contributed by atoms with van der Waals surface area (Å²) in [7, 11) is -1.07. The maximum Gasteiger partial charge on any atom is 0.694 e. The van der Waals surface area contributed by atoms with Crippen molar-refractivity contribution >= 4 is 19.4 Å². The van der Waals surface area contributed by atoms with E-state index >= 15 is 0 Å². The zero-order valence-electron chi connectivity index (χ0n) is 13.5. The van der Waals surface area contributed by atoms with E-state index < -0.39 is 19.5 Å². The molecule has 11 heteroatoms. The van der Waals surface area contributed by atoms with Gasteiger partial charge in [-0.25, -0.2) is 9.78 Å². The standard InChI is InChI=1S/C13H19N4O6P/c1-3-22-9-16-8-14-11-10(16)12(18)17(13(19)15(11)2)6-4-5-7-23-24(20)21/h8H,3-7,9H2,1-2H3/p+1. The van der Waals surface area contributed by atoms with Gasteiger partial charge in [-0.05, 0) is 19.8 Å². The lowest BCUT2D eigenvalue weighted by Gasteiger charge is -2.09. The van der Waals surface area contributed by atoms with E-state index in [-0.39, 0.29) is 19.9 Å². The van der Waals surface area contributed by atoms with Crippen LogP contribution >= 0.6 is 8.25 Å². The zero-order chi connectivity index (χ0) is 17.7. The predicted octanol–water partition coefficient (Wildman–Crippen LogP) is 0.337. The van der Waals surface area contributed by atoms with E-state index in [0.717, 1.165) is 4.57 Å². The molecule has 0 aliphatic rings. The fraction of sp³-hybridized carbons (Fsp3) is 0.615. The number of aromatic nitrogens is 4. The van der Waals surface area contributed by atoms with E-state index in [1.165, 1.54) is 10.9 Å². The first kappa shape index (κ1) is 18.5. The molecule has 132 valence electrons. The lowest BCUT2D eigenvalue weighted by atomic mass is 10.3. The number of aryl methyl sites for hydroxylation is 1. The van der Waals surface area contributed by atoms with Crippen molar-refractivity contribution in [3.05, 3.63) is 27.2 Å². The Morgan fingerprint density at radius 2 is 2.08 bits per heavy atom. The van der Waals surface area contributed by atoms with E-state index in [1.807, 2.05) is 6.92 Å². The second kappa shape index (κ2) is 8.29. The van der Waals surface area contributed by atoms with Crippen LogP contribution in [0, 0.1) is 0 Å². The molecule has 0 saturated heterocycles. The highest BCUT2D eigenvalue weighted by Gasteiger charge is 2.16. The van der Waals surface area contributed by atoms with Crippen molar-refractivity contribution in [2.45, 2.75) is 33.0 Å². The molecule has 0 bridgehead atoms. The van der Waals surface area contributed by atoms with Gasteiger partial charge >= 0.3 is 13.9 Å². The summed E-state index contributed by atoms with van der Waals surface area (Å²) in [5.74, 6) is 0. The number of fused-ring (bicyclic) bond motifs is 1. The minimum atomic E-state index is -2.63. The molecule has 2 aromatic rings. The number of imidazole rings is 1. The van der Waals surface area contributed by atoms with Gasteiger partial charge in [0.2, 0.25) is 0 Å². The Hall–Kier alpha value is -1.87. The van der Waals surface area contributed by atoms with E-state index in [9.17, 15) is 14.2 Å². The van der Waals surface area contributed by atoms with E-state index in [4.69, 9.17) is 9.63 Å². The van der Waals surface area contributed by atoms with E-state index in [0.29, 0.717) is 30.6 Å². The topological polar surface area (TPSA) is 118 Å². The predicted molar refractivity (Wildman–Crippen MR) is 85.9 cm³/mol. The van der Waals surface area contributed by atoms with E-state index in [2.05, 4.69) is 9.51 Å². The summed E-state index contributed by atoms with van der Waals surface area (Å²) < 4.78 is 24.3. The first-order valence-corrected chi connectivity index (χ1v) is 8.61. The highest BCUT2D eigenvalue weighted by Crippen LogP contribution is 2.14. The molecule has 1 N–H and O–H groups in total. The zero-order valence-corrected chi connectivity index (χ0v) is 14.4. The van der Waals surface area contributed by atoms with Crippen molar-refractivity contribution in [3.63, 3.8) is 0 Å². The summed E-state index contributed by atoms with van der Waals surface area (Å²) in [6.07, 6.45) is 2.38. The van der Waals surface area contributed by atoms with Crippen molar-refractivity contribution in [2.75, 3.05) is 13.2 Å². The van der Waals surface area contributed by atoms with Crippen LogP contribution in [-0.2, 0) is 34.1 Å². The van der Waals surface area contributed by atoms with E-state index in [1.54, 1.807) is 11.6 Å². The Morgan fingerprint density at radius 3 is 2.75 bits per heavy atom. The van der Waals surface area contributed by atoms with Gasteiger partial charge in [0.15, 0.2) is 11.2 Å². The van der Waals surface area contributed by atoms with Gasteiger partial charge in [0.1, 0.15) is 13.3 Å². The largest absolute Gasteiger partial charge is 0.694 e. The highest BCUT2D eigenvalue weighted by molar-refractivity contribution is 7.32. The number of rotatable bonds is 9. The Bertz CT molecular complexity index is 839. The van der Waals surface area contributed by atoms with Crippen LogP contribution in [0.5, 0.6) is 0 Å². The minimum absolute atomic E-state index is 0.0886. The molecule has 2 heterocycles. The highest BCUT2D eigenvalue weighted by atomic mass is 31.1. The molecule has 0 amide bonds. The quantitative estimate of drug-likeness (QED) is 0.506. The average Bonchev–Trinajstić information content (AvgIpc) is 2.97. The molecule has 0 aliphatic heterocycles. The summed E-state index contributed by atoms with van der Waals surface area (Å²) >= 11 is 0. The third-order valence-corrected chi connectivity index (χ3v) is 3.92. The number of ether oxygens (including phenoxy) is 1. The second-order valence-corrected chi connectivity index (χ2v) is 5.82. The Balaban J connectivity index is 2.27. The van der Waals surface area contributed by atoms with Gasteiger partial charge in [-0.1, -0.05) is 0 Å². The maximum absolute atomic E-state index is 12.6. The van der Waals surface area contributed by atoms with Crippen LogP contribution in [0.4, 0.5) is 0 Å². The fourth-order valence-corrected chi connectivity index (χ4v) is 2.61. The molecule has 2 aromatic heterocycles. The lowest BCUT2D eigenvalue weighted by molar-refractivity contribution is 0.0903. The van der Waals surface area contributed by atoms with Crippen LogP contribution in [0.25, 0.3) is 11.2 Å². The molecule has 0 aromatic carbocycles. The second-order valence-electron chi connectivity index (χ2n) is 5.09. The van der Waals surface area contributed by atoms with Gasteiger partial charge in [-0.15, -0.1) is 9.42 Å². The van der Waals surface area contributed by atoms with Crippen molar-refractivity contribution in [1.29, 1.82) is 0 Å². The summed E-state index contributed by atoms with van der Waals surface area (Å²) in [5.41, 5.74) is -0.274. The van der Waals surface area contributed by atoms with Crippen LogP contribution in [0.3, 0.4) is 0 Å². The summed E-state index contributed by atoms with van der Waals surface area (Å²) in [6.45, 7) is 2.79. The molecule has 24 heavy (non-hydrogen) atoms. The smallest absolute Gasteiger partial charge is 0.361 e. The normalized spacial score (nSPS) is 12.0. The first-order chi connectivity index (χ1) is 11.5. The van der Waals surface area contributed by atoms with Crippen molar-refractivity contribution in [3.8, 4) is 0 Å². The Kier molecular flexibility index (Phi) is 6.38. The van der Waals surface area contributed by atoms with Crippen LogP contribution in [0.15, 0.2) is 15.9 Å². The number of nitrogens with zero attached hydrogens (tertiary/aromatic N) is 4. The summed E-state index contributed by atoms with van der Waals surface area (Å²) in [5, 5.41) is 0. The minimum Gasteiger partial charge on any atom is -0.361 e. The molecule has 10 nitrogen and oxygen atoms in total. The van der Waals surface area contributed by atoms with Crippen LogP contribution < -0.4 is 11.2 Å². The van der Waals surface area contributed by atoms with Crippen LogP contribution in [0.2, 0.25) is 0 Å². The van der Waals surface area contributed by atoms with Crippen molar-refractivity contribution in [1.82, 2.24) is 18.7 Å². The lowest BCUT2D eigenvalue weighted by Crippen LogP contribution is -2.39. The van der Waals surface area contributed by atoms with Crippen molar-refractivity contribution < 1.29 is 18.7 Å². The third kappa shape index (κ3) is 3.96. The molecule has 0 saturated carbocycles. The first-order valence-electron chi connectivity index (χ1n) is 7.48. The molecular formula is C13H20N4O6P+. The van der Waals surface area contributed by atoms with Gasteiger partial charge in [-0.2, -0.15) is 0 Å². The third-order valence-electron chi connectivity index (χ3n) is 3.51. The average molecular weight is 359 g/mol. The fourth-order valence-electron chi connectivity index (χ4n) is 2.32. The number of hydrogen-bond donors (Lipinski definition) is 1.